The lowest BCUT2D eigenvalue weighted by Crippen LogP contribution is -2.57. The molecule has 22 heavy (non-hydrogen) atoms. The van der Waals surface area contributed by atoms with E-state index in [9.17, 15) is 0 Å². The third-order valence-corrected chi connectivity index (χ3v) is 6.85. The number of nitrogens with one attached hydrogen (secondary N) is 2. The lowest BCUT2D eigenvalue weighted by Gasteiger charge is -2.42. The first-order valence-corrected chi connectivity index (χ1v) is 10.3. The number of hydrogen-bond acceptors (Lipinski definition) is 2. The second-order valence-corrected chi connectivity index (χ2v) is 8.57. The van der Waals surface area contributed by atoms with Crippen LogP contribution >= 0.6 is 0 Å². The van der Waals surface area contributed by atoms with Crippen LogP contribution < -0.4 is 10.6 Å². The molecule has 3 fully saturated rings. The van der Waals surface area contributed by atoms with E-state index in [0.29, 0.717) is 0 Å². The van der Waals surface area contributed by atoms with Gasteiger partial charge in [-0.1, -0.05) is 52.4 Å². The molecule has 6 unspecified atom stereocenters. The molecular weight excluding hydrogens is 268 g/mol. The van der Waals surface area contributed by atoms with E-state index in [0.717, 1.165) is 36.0 Å². The minimum atomic E-state index is 0.730. The Bertz CT molecular complexity index is 298. The highest BCUT2D eigenvalue weighted by molar-refractivity contribution is 4.93. The Morgan fingerprint density at radius 1 is 0.455 bits per heavy atom. The Labute approximate surface area is 138 Å². The average molecular weight is 307 g/mol. The summed E-state index contributed by atoms with van der Waals surface area (Å²) in [6.07, 6.45) is 17.1. The number of rotatable bonds is 4. The molecule has 0 bridgehead atoms. The molecule has 0 heterocycles. The Morgan fingerprint density at radius 2 is 0.773 bits per heavy atom. The van der Waals surface area contributed by atoms with E-state index < -0.39 is 0 Å². The molecule has 2 heteroatoms. The summed E-state index contributed by atoms with van der Waals surface area (Å²) in [7, 11) is 0. The van der Waals surface area contributed by atoms with Crippen molar-refractivity contribution in [3.63, 3.8) is 0 Å². The van der Waals surface area contributed by atoms with Crippen LogP contribution in [0.2, 0.25) is 0 Å². The van der Waals surface area contributed by atoms with Gasteiger partial charge in [-0.3, -0.25) is 0 Å². The maximum atomic E-state index is 4.10. The fourth-order valence-electron chi connectivity index (χ4n) is 5.21. The van der Waals surface area contributed by atoms with Gasteiger partial charge in [0.05, 0.1) is 0 Å². The molecule has 128 valence electrons. The van der Waals surface area contributed by atoms with Crippen molar-refractivity contribution in [3.05, 3.63) is 0 Å². The first-order valence-electron chi connectivity index (χ1n) is 10.3. The van der Waals surface area contributed by atoms with Gasteiger partial charge in [0.25, 0.3) is 0 Å². The molecule has 0 aromatic carbocycles. The van der Waals surface area contributed by atoms with Gasteiger partial charge in [-0.2, -0.15) is 0 Å². The van der Waals surface area contributed by atoms with Crippen LogP contribution in [0.25, 0.3) is 0 Å². The topological polar surface area (TPSA) is 24.1 Å². The van der Waals surface area contributed by atoms with E-state index >= 15 is 0 Å². The van der Waals surface area contributed by atoms with Crippen LogP contribution in [-0.4, -0.2) is 24.2 Å². The van der Waals surface area contributed by atoms with E-state index in [1.807, 2.05) is 0 Å². The summed E-state index contributed by atoms with van der Waals surface area (Å²) in [5, 5.41) is 8.20. The molecule has 0 spiro atoms. The van der Waals surface area contributed by atoms with Gasteiger partial charge in [0.1, 0.15) is 0 Å². The molecule has 0 amide bonds. The van der Waals surface area contributed by atoms with Crippen molar-refractivity contribution < 1.29 is 0 Å². The van der Waals surface area contributed by atoms with Crippen LogP contribution in [0.3, 0.4) is 0 Å². The summed E-state index contributed by atoms with van der Waals surface area (Å²) >= 11 is 0. The summed E-state index contributed by atoms with van der Waals surface area (Å²) in [4.78, 5) is 0. The molecule has 2 N–H and O–H groups in total. The standard InChI is InChI=1S/C20H38N2/c1-15-9-3-5-11-17(15)21-19-13-7-8-14-20(19)22-18-12-6-4-10-16(18)2/h15-22H,3-14H2,1-2H3. The quantitative estimate of drug-likeness (QED) is 0.791. The minimum Gasteiger partial charge on any atom is -0.309 e. The number of hydrogen-bond donors (Lipinski definition) is 2. The first-order chi connectivity index (χ1) is 10.7. The van der Waals surface area contributed by atoms with Crippen molar-refractivity contribution >= 4 is 0 Å². The van der Waals surface area contributed by atoms with Crippen LogP contribution in [0.1, 0.15) is 90.9 Å². The maximum absolute atomic E-state index is 4.10. The summed E-state index contributed by atoms with van der Waals surface area (Å²) in [5.74, 6) is 1.76. The third-order valence-electron chi connectivity index (χ3n) is 6.85. The van der Waals surface area contributed by atoms with Gasteiger partial charge >= 0.3 is 0 Å². The average Bonchev–Trinajstić information content (AvgIpc) is 2.53. The van der Waals surface area contributed by atoms with E-state index in [1.165, 1.54) is 77.0 Å². The van der Waals surface area contributed by atoms with Crippen molar-refractivity contribution in [2.45, 2.75) is 115 Å². The van der Waals surface area contributed by atoms with Crippen LogP contribution in [0.15, 0.2) is 0 Å². The van der Waals surface area contributed by atoms with Crippen molar-refractivity contribution in [2.24, 2.45) is 11.8 Å². The zero-order chi connectivity index (χ0) is 15.4. The highest BCUT2D eigenvalue weighted by Gasteiger charge is 2.32. The SMILES string of the molecule is CC1CCCCC1NC1CCCCC1NC1CCCCC1C. The summed E-state index contributed by atoms with van der Waals surface area (Å²) in [6.45, 7) is 4.93. The molecule has 3 rings (SSSR count). The molecule has 3 aliphatic carbocycles. The molecule has 0 aromatic heterocycles. The van der Waals surface area contributed by atoms with Crippen molar-refractivity contribution in [1.82, 2.24) is 10.6 Å². The molecule has 3 saturated carbocycles. The van der Waals surface area contributed by atoms with Gasteiger partial charge in [-0.25, -0.2) is 0 Å². The molecular formula is C20H38N2. The lowest BCUT2D eigenvalue weighted by atomic mass is 9.81. The Morgan fingerprint density at radius 3 is 1.14 bits per heavy atom. The molecule has 6 atom stereocenters. The fraction of sp³-hybridized carbons (Fsp3) is 1.00. The second kappa shape index (κ2) is 8.15. The Balaban J connectivity index is 1.56. The molecule has 2 nitrogen and oxygen atoms in total. The Hall–Kier alpha value is -0.0800. The molecule has 0 saturated heterocycles. The molecule has 0 radical (unpaired) electrons. The zero-order valence-corrected chi connectivity index (χ0v) is 14.9. The van der Waals surface area contributed by atoms with Crippen LogP contribution in [0.5, 0.6) is 0 Å². The third kappa shape index (κ3) is 4.26. The van der Waals surface area contributed by atoms with Crippen LogP contribution in [-0.2, 0) is 0 Å². The van der Waals surface area contributed by atoms with Crippen molar-refractivity contribution in [3.8, 4) is 0 Å². The molecule has 0 aromatic rings. The van der Waals surface area contributed by atoms with Gasteiger partial charge in [0.2, 0.25) is 0 Å². The summed E-state index contributed by atoms with van der Waals surface area (Å²) < 4.78 is 0. The molecule has 0 aliphatic heterocycles. The van der Waals surface area contributed by atoms with Gasteiger partial charge < -0.3 is 10.6 Å². The zero-order valence-electron chi connectivity index (χ0n) is 14.9. The highest BCUT2D eigenvalue weighted by atomic mass is 15.1. The fourth-order valence-corrected chi connectivity index (χ4v) is 5.21. The van der Waals surface area contributed by atoms with Crippen molar-refractivity contribution in [1.29, 1.82) is 0 Å². The van der Waals surface area contributed by atoms with Crippen LogP contribution in [0.4, 0.5) is 0 Å². The van der Waals surface area contributed by atoms with Gasteiger partial charge in [0, 0.05) is 24.2 Å². The lowest BCUT2D eigenvalue weighted by molar-refractivity contribution is 0.175. The molecule has 3 aliphatic rings. The summed E-state index contributed by atoms with van der Waals surface area (Å²) in [6, 6.07) is 3.02. The van der Waals surface area contributed by atoms with E-state index in [-0.39, 0.29) is 0 Å². The predicted molar refractivity (Wildman–Crippen MR) is 95.2 cm³/mol. The van der Waals surface area contributed by atoms with Crippen molar-refractivity contribution in [2.75, 3.05) is 0 Å². The van der Waals surface area contributed by atoms with Gasteiger partial charge in [0.15, 0.2) is 0 Å². The van der Waals surface area contributed by atoms with Gasteiger partial charge in [-0.15, -0.1) is 0 Å². The first kappa shape index (κ1) is 16.8. The summed E-state index contributed by atoms with van der Waals surface area (Å²) in [5.41, 5.74) is 0. The monoisotopic (exact) mass is 306 g/mol. The van der Waals surface area contributed by atoms with Gasteiger partial charge in [-0.05, 0) is 50.4 Å². The smallest absolute Gasteiger partial charge is 0.0223 e. The largest absolute Gasteiger partial charge is 0.309 e. The second-order valence-electron chi connectivity index (χ2n) is 8.57. The minimum absolute atomic E-state index is 0.730. The Kier molecular flexibility index (Phi) is 6.21. The normalized spacial score (nSPS) is 43.9. The van der Waals surface area contributed by atoms with E-state index in [1.54, 1.807) is 0 Å². The highest BCUT2D eigenvalue weighted by Crippen LogP contribution is 2.29. The predicted octanol–water partition coefficient (Wildman–Crippen LogP) is 4.63. The van der Waals surface area contributed by atoms with E-state index in [4.69, 9.17) is 0 Å². The maximum Gasteiger partial charge on any atom is 0.0223 e. The van der Waals surface area contributed by atoms with E-state index in [2.05, 4.69) is 24.5 Å². The van der Waals surface area contributed by atoms with Crippen LogP contribution in [0, 0.1) is 11.8 Å².